The van der Waals surface area contributed by atoms with Gasteiger partial charge in [-0.15, -0.1) is 0 Å². The molecule has 0 spiro atoms. The molecular formula is C12H12F4O2. The molecule has 6 heteroatoms. The van der Waals surface area contributed by atoms with Gasteiger partial charge in [0.05, 0.1) is 11.5 Å². The number of benzene rings is 1. The lowest BCUT2D eigenvalue weighted by Gasteiger charge is -2.14. The van der Waals surface area contributed by atoms with Gasteiger partial charge >= 0.3 is 12.1 Å². The number of hydrogen-bond donors (Lipinski definition) is 1. The largest absolute Gasteiger partial charge is 0.481 e. The van der Waals surface area contributed by atoms with E-state index >= 15 is 0 Å². The summed E-state index contributed by atoms with van der Waals surface area (Å²) in [6, 6.07) is 2.24. The van der Waals surface area contributed by atoms with Crippen molar-refractivity contribution >= 4 is 5.97 Å². The van der Waals surface area contributed by atoms with Gasteiger partial charge in [0.25, 0.3) is 0 Å². The van der Waals surface area contributed by atoms with Crippen molar-refractivity contribution in [2.45, 2.75) is 31.9 Å². The van der Waals surface area contributed by atoms with E-state index in [1.807, 2.05) is 0 Å². The molecule has 2 nitrogen and oxygen atoms in total. The lowest BCUT2D eigenvalue weighted by atomic mass is 9.93. The van der Waals surface area contributed by atoms with Crippen LogP contribution in [-0.4, -0.2) is 11.1 Å². The van der Waals surface area contributed by atoms with Crippen LogP contribution in [0.5, 0.6) is 0 Å². The predicted molar refractivity (Wildman–Crippen MR) is 56.7 cm³/mol. The number of hydrogen-bond acceptors (Lipinski definition) is 1. The molecule has 0 radical (unpaired) electrons. The Bertz CT molecular complexity index is 440. The van der Waals surface area contributed by atoms with Crippen LogP contribution >= 0.6 is 0 Å². The van der Waals surface area contributed by atoms with E-state index in [0.29, 0.717) is 18.6 Å². The van der Waals surface area contributed by atoms with Crippen molar-refractivity contribution in [1.29, 1.82) is 0 Å². The van der Waals surface area contributed by atoms with Crippen molar-refractivity contribution < 1.29 is 27.5 Å². The zero-order chi connectivity index (χ0) is 13.9. The van der Waals surface area contributed by atoms with Gasteiger partial charge in [0.1, 0.15) is 5.82 Å². The first kappa shape index (κ1) is 14.5. The van der Waals surface area contributed by atoms with Crippen LogP contribution < -0.4 is 0 Å². The molecular weight excluding hydrogens is 252 g/mol. The molecule has 100 valence electrons. The first-order valence-electron chi connectivity index (χ1n) is 5.36. The summed E-state index contributed by atoms with van der Waals surface area (Å²) < 4.78 is 50.3. The second-order valence-electron chi connectivity index (χ2n) is 3.92. The van der Waals surface area contributed by atoms with E-state index in [1.165, 1.54) is 0 Å². The quantitative estimate of drug-likeness (QED) is 0.839. The van der Waals surface area contributed by atoms with Gasteiger partial charge in [-0.05, 0) is 24.1 Å². The zero-order valence-electron chi connectivity index (χ0n) is 9.59. The molecule has 1 N–H and O–H groups in total. The third-order valence-electron chi connectivity index (χ3n) is 2.58. The highest BCUT2D eigenvalue weighted by Gasteiger charge is 2.34. The number of alkyl halides is 3. The molecule has 0 saturated carbocycles. The summed E-state index contributed by atoms with van der Waals surface area (Å²) in [5.74, 6) is -3.59. The molecule has 1 rings (SSSR count). The molecule has 1 aromatic carbocycles. The Morgan fingerprint density at radius 3 is 2.39 bits per heavy atom. The maximum Gasteiger partial charge on any atom is 0.419 e. The number of carboxylic acids is 1. The van der Waals surface area contributed by atoms with Gasteiger partial charge in [0.2, 0.25) is 0 Å². The Morgan fingerprint density at radius 2 is 2.00 bits per heavy atom. The summed E-state index contributed by atoms with van der Waals surface area (Å²) >= 11 is 0. The standard InChI is InChI=1S/C12H12F4O2/c1-2-3-8(11(17)18)7-4-5-9(10(13)6-7)12(14,15)16/h4-6,8H,2-3H2,1H3,(H,17,18). The van der Waals surface area contributed by atoms with E-state index in [2.05, 4.69) is 0 Å². The average molecular weight is 264 g/mol. The second kappa shape index (κ2) is 5.37. The Balaban J connectivity index is 3.13. The Hall–Kier alpha value is -1.59. The van der Waals surface area contributed by atoms with E-state index < -0.39 is 29.4 Å². The fourth-order valence-corrected chi connectivity index (χ4v) is 1.70. The number of carbonyl (C=O) groups is 1. The minimum Gasteiger partial charge on any atom is -0.481 e. The SMILES string of the molecule is CCCC(C(=O)O)c1ccc(C(F)(F)F)c(F)c1. The van der Waals surface area contributed by atoms with Crippen LogP contribution in [0.15, 0.2) is 18.2 Å². The van der Waals surface area contributed by atoms with E-state index in [1.54, 1.807) is 6.92 Å². The highest BCUT2D eigenvalue weighted by atomic mass is 19.4. The summed E-state index contributed by atoms with van der Waals surface area (Å²) in [7, 11) is 0. The molecule has 0 bridgehead atoms. The third kappa shape index (κ3) is 3.21. The molecule has 0 aliphatic heterocycles. The summed E-state index contributed by atoms with van der Waals surface area (Å²) in [4.78, 5) is 10.9. The van der Waals surface area contributed by atoms with Crippen molar-refractivity contribution in [2.75, 3.05) is 0 Å². The molecule has 0 fully saturated rings. The maximum absolute atomic E-state index is 13.3. The third-order valence-corrected chi connectivity index (χ3v) is 2.58. The lowest BCUT2D eigenvalue weighted by molar-refractivity contribution is -0.140. The summed E-state index contributed by atoms with van der Waals surface area (Å²) in [6.07, 6.45) is -3.98. The van der Waals surface area contributed by atoms with Crippen LogP contribution in [0, 0.1) is 5.82 Å². The summed E-state index contributed by atoms with van der Waals surface area (Å²) in [6.45, 7) is 1.75. The molecule has 18 heavy (non-hydrogen) atoms. The van der Waals surface area contributed by atoms with Gasteiger partial charge in [0.15, 0.2) is 0 Å². The van der Waals surface area contributed by atoms with Crippen LogP contribution in [0.3, 0.4) is 0 Å². The summed E-state index contributed by atoms with van der Waals surface area (Å²) in [5.41, 5.74) is -1.33. The van der Waals surface area contributed by atoms with Crippen molar-refractivity contribution in [2.24, 2.45) is 0 Å². The normalized spacial score (nSPS) is 13.4. The molecule has 0 heterocycles. The van der Waals surface area contributed by atoms with Crippen LogP contribution in [0.4, 0.5) is 17.6 Å². The monoisotopic (exact) mass is 264 g/mol. The molecule has 0 amide bonds. The van der Waals surface area contributed by atoms with Gasteiger partial charge in [-0.2, -0.15) is 13.2 Å². The minimum absolute atomic E-state index is 0.0508. The molecule has 0 aromatic heterocycles. The number of aliphatic carboxylic acids is 1. The molecule has 1 atom stereocenters. The van der Waals surface area contributed by atoms with E-state index in [4.69, 9.17) is 5.11 Å². The molecule has 0 aliphatic carbocycles. The lowest BCUT2D eigenvalue weighted by Crippen LogP contribution is -2.14. The van der Waals surface area contributed by atoms with Crippen molar-refractivity contribution in [1.82, 2.24) is 0 Å². The fourth-order valence-electron chi connectivity index (χ4n) is 1.70. The number of carboxylic acid groups (broad SMARTS) is 1. The van der Waals surface area contributed by atoms with E-state index in [-0.39, 0.29) is 12.0 Å². The highest BCUT2D eigenvalue weighted by Crippen LogP contribution is 2.33. The second-order valence-corrected chi connectivity index (χ2v) is 3.92. The van der Waals surface area contributed by atoms with Crippen molar-refractivity contribution in [3.05, 3.63) is 35.1 Å². The van der Waals surface area contributed by atoms with E-state index in [9.17, 15) is 22.4 Å². The number of rotatable bonds is 4. The average Bonchev–Trinajstić information content (AvgIpc) is 2.23. The van der Waals surface area contributed by atoms with Gasteiger partial charge in [-0.25, -0.2) is 4.39 Å². The minimum atomic E-state index is -4.77. The first-order valence-corrected chi connectivity index (χ1v) is 5.36. The molecule has 1 unspecified atom stereocenters. The van der Waals surface area contributed by atoms with E-state index in [0.717, 1.165) is 6.07 Å². The maximum atomic E-state index is 13.3. The van der Waals surface area contributed by atoms with Gasteiger partial charge in [-0.3, -0.25) is 4.79 Å². The van der Waals surface area contributed by atoms with Gasteiger partial charge in [-0.1, -0.05) is 19.4 Å². The first-order chi connectivity index (χ1) is 8.27. The molecule has 0 aliphatic rings. The number of halogens is 4. The molecule has 1 aromatic rings. The van der Waals surface area contributed by atoms with Crippen LogP contribution in [0.1, 0.15) is 36.8 Å². The van der Waals surface area contributed by atoms with Crippen molar-refractivity contribution in [3.63, 3.8) is 0 Å². The zero-order valence-corrected chi connectivity index (χ0v) is 9.59. The highest BCUT2D eigenvalue weighted by molar-refractivity contribution is 5.76. The van der Waals surface area contributed by atoms with Crippen LogP contribution in [-0.2, 0) is 11.0 Å². The fraction of sp³-hybridized carbons (Fsp3) is 0.417. The predicted octanol–water partition coefficient (Wildman–Crippen LogP) is 3.81. The molecule has 0 saturated heterocycles. The topological polar surface area (TPSA) is 37.3 Å². The van der Waals surface area contributed by atoms with Crippen molar-refractivity contribution in [3.8, 4) is 0 Å². The Labute approximate surface area is 101 Å². The van der Waals surface area contributed by atoms with Gasteiger partial charge in [0, 0.05) is 0 Å². The smallest absolute Gasteiger partial charge is 0.419 e. The van der Waals surface area contributed by atoms with Crippen LogP contribution in [0.2, 0.25) is 0 Å². The summed E-state index contributed by atoms with van der Waals surface area (Å²) in [5, 5.41) is 8.93. The Morgan fingerprint density at radius 1 is 1.39 bits per heavy atom. The Kier molecular flexibility index (Phi) is 4.32. The van der Waals surface area contributed by atoms with Crippen LogP contribution in [0.25, 0.3) is 0 Å². The van der Waals surface area contributed by atoms with Gasteiger partial charge < -0.3 is 5.11 Å².